The van der Waals surface area contributed by atoms with Crippen LogP contribution >= 0.6 is 12.2 Å². The van der Waals surface area contributed by atoms with Gasteiger partial charge in [-0.25, -0.2) is 0 Å². The van der Waals surface area contributed by atoms with Gasteiger partial charge in [0.25, 0.3) is 0 Å². The van der Waals surface area contributed by atoms with Crippen molar-refractivity contribution >= 4 is 17.2 Å². The molecule has 2 unspecified atom stereocenters. The molecule has 2 N–H and O–H groups in total. The Kier molecular flexibility index (Phi) is 3.68. The first-order valence-electron chi connectivity index (χ1n) is 5.05. The molecule has 1 aliphatic rings. The molecule has 0 saturated carbocycles. The fourth-order valence-electron chi connectivity index (χ4n) is 1.89. The normalized spacial score (nSPS) is 26.6. The van der Waals surface area contributed by atoms with Gasteiger partial charge >= 0.3 is 0 Å². The van der Waals surface area contributed by atoms with Crippen molar-refractivity contribution in [3.05, 3.63) is 0 Å². The fraction of sp³-hybridized carbons (Fsp3) is 0.900. The molecule has 0 aromatic heterocycles. The summed E-state index contributed by atoms with van der Waals surface area (Å²) in [5, 5.41) is 0. The first-order chi connectivity index (χ1) is 6.02. The van der Waals surface area contributed by atoms with E-state index < -0.39 is 0 Å². The van der Waals surface area contributed by atoms with E-state index in [0.29, 0.717) is 4.99 Å². The third-order valence-electron chi connectivity index (χ3n) is 3.16. The second-order valence-electron chi connectivity index (χ2n) is 4.37. The summed E-state index contributed by atoms with van der Waals surface area (Å²) in [4.78, 5) is 3.02. The van der Waals surface area contributed by atoms with Gasteiger partial charge in [-0.1, -0.05) is 26.1 Å². The highest BCUT2D eigenvalue weighted by Crippen LogP contribution is 2.24. The molecule has 76 valence electrons. The molecule has 0 amide bonds. The Morgan fingerprint density at radius 1 is 1.46 bits per heavy atom. The van der Waals surface area contributed by atoms with E-state index in [1.165, 1.54) is 6.42 Å². The second-order valence-corrected chi connectivity index (χ2v) is 4.84. The highest BCUT2D eigenvalue weighted by Gasteiger charge is 2.28. The van der Waals surface area contributed by atoms with E-state index in [1.54, 1.807) is 0 Å². The lowest BCUT2D eigenvalue weighted by atomic mass is 9.95. The SMILES string of the molecule is CC(C)C1CCN(C(C)C(N)=S)C1. The van der Waals surface area contributed by atoms with E-state index in [-0.39, 0.29) is 6.04 Å². The zero-order valence-corrected chi connectivity index (χ0v) is 9.60. The molecule has 0 spiro atoms. The first-order valence-corrected chi connectivity index (χ1v) is 5.46. The number of thiocarbonyl (C=S) groups is 1. The molecule has 0 aromatic rings. The van der Waals surface area contributed by atoms with E-state index in [0.717, 1.165) is 24.9 Å². The van der Waals surface area contributed by atoms with Gasteiger partial charge in [0.15, 0.2) is 0 Å². The van der Waals surface area contributed by atoms with Gasteiger partial charge in [-0.05, 0) is 31.7 Å². The molecule has 1 heterocycles. The predicted molar refractivity (Wildman–Crippen MR) is 60.8 cm³/mol. The molecule has 0 aliphatic carbocycles. The summed E-state index contributed by atoms with van der Waals surface area (Å²) in [5.74, 6) is 1.61. The van der Waals surface area contributed by atoms with Gasteiger partial charge in [0.05, 0.1) is 11.0 Å². The third kappa shape index (κ3) is 2.64. The summed E-state index contributed by atoms with van der Waals surface area (Å²) in [7, 11) is 0. The van der Waals surface area contributed by atoms with Crippen molar-refractivity contribution < 1.29 is 0 Å². The number of hydrogen-bond acceptors (Lipinski definition) is 2. The van der Waals surface area contributed by atoms with Crippen LogP contribution in [0.1, 0.15) is 27.2 Å². The van der Waals surface area contributed by atoms with Crippen LogP contribution in [0, 0.1) is 11.8 Å². The fourth-order valence-corrected chi connectivity index (χ4v) is 2.04. The number of hydrogen-bond donors (Lipinski definition) is 1. The van der Waals surface area contributed by atoms with Gasteiger partial charge in [-0.15, -0.1) is 0 Å². The lowest BCUT2D eigenvalue weighted by Crippen LogP contribution is -2.40. The van der Waals surface area contributed by atoms with Gasteiger partial charge in [-0.2, -0.15) is 0 Å². The van der Waals surface area contributed by atoms with Crippen molar-refractivity contribution in [1.82, 2.24) is 4.90 Å². The van der Waals surface area contributed by atoms with Crippen LogP contribution in [0.2, 0.25) is 0 Å². The Labute approximate surface area is 86.5 Å². The quantitative estimate of drug-likeness (QED) is 0.702. The van der Waals surface area contributed by atoms with Crippen LogP contribution in [0.3, 0.4) is 0 Å². The Morgan fingerprint density at radius 2 is 2.08 bits per heavy atom. The van der Waals surface area contributed by atoms with E-state index in [4.69, 9.17) is 18.0 Å². The molecule has 1 aliphatic heterocycles. The maximum absolute atomic E-state index is 5.63. The summed E-state index contributed by atoms with van der Waals surface area (Å²) < 4.78 is 0. The van der Waals surface area contributed by atoms with Gasteiger partial charge in [0, 0.05) is 6.54 Å². The average molecular weight is 200 g/mol. The molecule has 13 heavy (non-hydrogen) atoms. The Morgan fingerprint density at radius 3 is 2.46 bits per heavy atom. The largest absolute Gasteiger partial charge is 0.392 e. The second kappa shape index (κ2) is 4.38. The molecule has 0 radical (unpaired) electrons. The topological polar surface area (TPSA) is 29.3 Å². The lowest BCUT2D eigenvalue weighted by Gasteiger charge is -2.23. The van der Waals surface area contributed by atoms with Crippen LogP contribution in [0.15, 0.2) is 0 Å². The van der Waals surface area contributed by atoms with Crippen molar-refractivity contribution in [2.45, 2.75) is 33.2 Å². The molecular formula is C10H20N2S. The van der Waals surface area contributed by atoms with E-state index in [9.17, 15) is 0 Å². The monoisotopic (exact) mass is 200 g/mol. The maximum atomic E-state index is 5.63. The molecule has 0 aromatic carbocycles. The van der Waals surface area contributed by atoms with Crippen LogP contribution < -0.4 is 5.73 Å². The molecule has 1 fully saturated rings. The van der Waals surface area contributed by atoms with Gasteiger partial charge in [0.2, 0.25) is 0 Å². The minimum absolute atomic E-state index is 0.277. The predicted octanol–water partition coefficient (Wildman–Crippen LogP) is 1.64. The number of nitrogens with two attached hydrogens (primary N) is 1. The van der Waals surface area contributed by atoms with Crippen LogP contribution in [-0.2, 0) is 0 Å². The standard InChI is InChI=1S/C10H20N2S/c1-7(2)9-4-5-12(6-9)8(3)10(11)13/h7-9H,4-6H2,1-3H3,(H2,11,13). The molecule has 0 bridgehead atoms. The van der Waals surface area contributed by atoms with Crippen molar-refractivity contribution in [3.63, 3.8) is 0 Å². The van der Waals surface area contributed by atoms with E-state index in [2.05, 4.69) is 25.7 Å². The van der Waals surface area contributed by atoms with Crippen molar-refractivity contribution in [3.8, 4) is 0 Å². The molecular weight excluding hydrogens is 180 g/mol. The van der Waals surface area contributed by atoms with Gasteiger partial charge in [0.1, 0.15) is 0 Å². The Hall–Kier alpha value is -0.150. The van der Waals surface area contributed by atoms with Crippen molar-refractivity contribution in [2.75, 3.05) is 13.1 Å². The van der Waals surface area contributed by atoms with Crippen LogP contribution in [0.5, 0.6) is 0 Å². The van der Waals surface area contributed by atoms with Crippen LogP contribution in [0.25, 0.3) is 0 Å². The average Bonchev–Trinajstić information content (AvgIpc) is 2.50. The smallest absolute Gasteiger partial charge is 0.0899 e. The number of rotatable bonds is 3. The zero-order chi connectivity index (χ0) is 10.0. The minimum Gasteiger partial charge on any atom is -0.392 e. The summed E-state index contributed by atoms with van der Waals surface area (Å²) in [6.07, 6.45) is 1.30. The Bertz CT molecular complexity index is 191. The minimum atomic E-state index is 0.277. The third-order valence-corrected chi connectivity index (χ3v) is 3.50. The van der Waals surface area contributed by atoms with Crippen LogP contribution in [0.4, 0.5) is 0 Å². The van der Waals surface area contributed by atoms with E-state index in [1.807, 2.05) is 0 Å². The molecule has 2 nitrogen and oxygen atoms in total. The summed E-state index contributed by atoms with van der Waals surface area (Å²) in [6.45, 7) is 9.00. The number of likely N-dealkylation sites (tertiary alicyclic amines) is 1. The summed E-state index contributed by atoms with van der Waals surface area (Å²) >= 11 is 5.00. The summed E-state index contributed by atoms with van der Waals surface area (Å²) in [6, 6.07) is 0.277. The highest BCUT2D eigenvalue weighted by molar-refractivity contribution is 7.80. The molecule has 1 rings (SSSR count). The van der Waals surface area contributed by atoms with Crippen molar-refractivity contribution in [2.24, 2.45) is 17.6 Å². The van der Waals surface area contributed by atoms with Gasteiger partial charge < -0.3 is 5.73 Å². The summed E-state index contributed by atoms with van der Waals surface area (Å²) in [5.41, 5.74) is 5.63. The molecule has 2 atom stereocenters. The zero-order valence-electron chi connectivity index (χ0n) is 8.79. The van der Waals surface area contributed by atoms with E-state index >= 15 is 0 Å². The highest BCUT2D eigenvalue weighted by atomic mass is 32.1. The first kappa shape index (κ1) is 10.9. The van der Waals surface area contributed by atoms with Crippen LogP contribution in [-0.4, -0.2) is 29.0 Å². The molecule has 3 heteroatoms. The number of nitrogens with zero attached hydrogens (tertiary/aromatic N) is 1. The lowest BCUT2D eigenvalue weighted by molar-refractivity contribution is 0.285. The Balaban J connectivity index is 2.45. The molecule has 1 saturated heterocycles. The van der Waals surface area contributed by atoms with Gasteiger partial charge in [-0.3, -0.25) is 4.90 Å². The van der Waals surface area contributed by atoms with Crippen molar-refractivity contribution in [1.29, 1.82) is 0 Å². The maximum Gasteiger partial charge on any atom is 0.0899 e.